The number of amides is 2. The van der Waals surface area contributed by atoms with E-state index in [4.69, 9.17) is 34.8 Å². The molecular weight excluding hydrogens is 559 g/mol. The number of rotatable bonds is 11. The normalized spacial score (nSPS) is 14.3. The summed E-state index contributed by atoms with van der Waals surface area (Å²) in [5, 5.41) is 4.88. The molecule has 0 aliphatic heterocycles. The Morgan fingerprint density at radius 1 is 0.895 bits per heavy atom. The maximum absolute atomic E-state index is 13.8. The molecule has 1 aliphatic carbocycles. The lowest BCUT2D eigenvalue weighted by atomic mass is 10.0. The van der Waals surface area contributed by atoms with Crippen LogP contribution in [0.15, 0.2) is 72.8 Å². The second kappa shape index (κ2) is 14.3. The fourth-order valence-electron chi connectivity index (χ4n) is 4.70. The van der Waals surface area contributed by atoms with Gasteiger partial charge < -0.3 is 10.2 Å². The zero-order chi connectivity index (χ0) is 26.9. The second-order valence-electron chi connectivity index (χ2n) is 9.54. The number of hydrogen-bond donors (Lipinski definition) is 1. The molecule has 0 aromatic heterocycles. The van der Waals surface area contributed by atoms with E-state index in [9.17, 15) is 9.59 Å². The highest BCUT2D eigenvalue weighted by Gasteiger charge is 2.32. The van der Waals surface area contributed by atoms with E-state index in [-0.39, 0.29) is 30.2 Å². The molecule has 4 nitrogen and oxygen atoms in total. The first-order valence-electron chi connectivity index (χ1n) is 12.8. The molecule has 1 saturated carbocycles. The highest BCUT2D eigenvalue weighted by molar-refractivity contribution is 7.99. The zero-order valence-corrected chi connectivity index (χ0v) is 24.1. The molecule has 0 radical (unpaired) electrons. The molecule has 0 saturated heterocycles. The fraction of sp³-hybridized carbons (Fsp3) is 0.333. The largest absolute Gasteiger partial charge is 0.352 e. The van der Waals surface area contributed by atoms with E-state index in [2.05, 4.69) is 5.32 Å². The van der Waals surface area contributed by atoms with Gasteiger partial charge in [-0.3, -0.25) is 9.59 Å². The standard InChI is InChI=1S/C30H31Cl3N2O2S/c31-24-15-14-22(27(33)17-24)18-35(29(36)20-38-19-23-10-4-7-13-26(23)32)28(16-21-8-2-1-3-9-21)30(37)34-25-11-5-6-12-25/h1-4,7-10,13-15,17,25,28H,5-6,11-12,16,18-20H2,(H,34,37)/t28-/m1/s1. The van der Waals surface area contributed by atoms with Gasteiger partial charge in [0.15, 0.2) is 0 Å². The quantitative estimate of drug-likeness (QED) is 0.251. The van der Waals surface area contributed by atoms with E-state index in [0.29, 0.717) is 27.2 Å². The summed E-state index contributed by atoms with van der Waals surface area (Å²) in [5.74, 6) is 0.544. The SMILES string of the molecule is O=C(NC1CCCC1)[C@@H](Cc1ccccc1)N(Cc1ccc(Cl)cc1Cl)C(=O)CSCc1ccccc1Cl. The predicted octanol–water partition coefficient (Wildman–Crippen LogP) is 7.58. The van der Waals surface area contributed by atoms with Crippen LogP contribution >= 0.6 is 46.6 Å². The van der Waals surface area contributed by atoms with Crippen molar-refractivity contribution in [2.45, 2.75) is 56.5 Å². The van der Waals surface area contributed by atoms with Crippen LogP contribution < -0.4 is 5.32 Å². The van der Waals surface area contributed by atoms with Gasteiger partial charge in [0, 0.05) is 39.8 Å². The summed E-state index contributed by atoms with van der Waals surface area (Å²) >= 11 is 20.4. The number of nitrogens with zero attached hydrogens (tertiary/aromatic N) is 1. The van der Waals surface area contributed by atoms with E-state index < -0.39 is 6.04 Å². The summed E-state index contributed by atoms with van der Waals surface area (Å²) < 4.78 is 0. The van der Waals surface area contributed by atoms with E-state index in [1.165, 1.54) is 11.8 Å². The van der Waals surface area contributed by atoms with Gasteiger partial charge in [-0.15, -0.1) is 11.8 Å². The number of benzene rings is 3. The maximum atomic E-state index is 13.8. The van der Waals surface area contributed by atoms with Gasteiger partial charge in [0.05, 0.1) is 5.75 Å². The lowest BCUT2D eigenvalue weighted by Gasteiger charge is -2.32. The van der Waals surface area contributed by atoms with Crippen LogP contribution in [-0.2, 0) is 28.3 Å². The van der Waals surface area contributed by atoms with Crippen LogP contribution in [0, 0.1) is 0 Å². The molecule has 1 N–H and O–H groups in total. The Balaban J connectivity index is 1.59. The first kappa shape index (κ1) is 28.8. The van der Waals surface area contributed by atoms with Crippen LogP contribution in [0.2, 0.25) is 15.1 Å². The molecule has 1 aliphatic rings. The second-order valence-corrected chi connectivity index (χ2v) is 11.8. The first-order valence-corrected chi connectivity index (χ1v) is 15.1. The van der Waals surface area contributed by atoms with E-state index in [1.54, 1.807) is 17.0 Å². The smallest absolute Gasteiger partial charge is 0.243 e. The molecule has 4 rings (SSSR count). The molecule has 0 bridgehead atoms. The van der Waals surface area contributed by atoms with Gasteiger partial charge in [0.25, 0.3) is 0 Å². The summed E-state index contributed by atoms with van der Waals surface area (Å²) in [6.07, 6.45) is 4.56. The van der Waals surface area contributed by atoms with Crippen molar-refractivity contribution in [3.05, 3.63) is 105 Å². The summed E-state index contributed by atoms with van der Waals surface area (Å²) in [4.78, 5) is 29.2. The van der Waals surface area contributed by atoms with Crippen LogP contribution in [0.3, 0.4) is 0 Å². The third-order valence-corrected chi connectivity index (χ3v) is 8.69. The van der Waals surface area contributed by atoms with E-state index in [1.807, 2.05) is 60.7 Å². The van der Waals surface area contributed by atoms with Crippen molar-refractivity contribution in [2.75, 3.05) is 5.75 Å². The minimum Gasteiger partial charge on any atom is -0.352 e. The summed E-state index contributed by atoms with van der Waals surface area (Å²) in [6.45, 7) is 0.205. The fourth-order valence-corrected chi connectivity index (χ4v) is 6.37. The van der Waals surface area contributed by atoms with Crippen LogP contribution in [0.1, 0.15) is 42.4 Å². The first-order chi connectivity index (χ1) is 18.4. The van der Waals surface area contributed by atoms with Gasteiger partial charge in [-0.25, -0.2) is 0 Å². The lowest BCUT2D eigenvalue weighted by Crippen LogP contribution is -2.52. The Kier molecular flexibility index (Phi) is 10.8. The number of hydrogen-bond acceptors (Lipinski definition) is 3. The highest BCUT2D eigenvalue weighted by atomic mass is 35.5. The number of halogens is 3. The molecule has 3 aromatic carbocycles. The zero-order valence-electron chi connectivity index (χ0n) is 21.0. The highest BCUT2D eigenvalue weighted by Crippen LogP contribution is 2.26. The summed E-state index contributed by atoms with van der Waals surface area (Å²) in [7, 11) is 0. The van der Waals surface area contributed by atoms with Gasteiger partial charge in [-0.2, -0.15) is 0 Å². The number of nitrogens with one attached hydrogen (secondary N) is 1. The third-order valence-electron chi connectivity index (χ3n) is 6.77. The summed E-state index contributed by atoms with van der Waals surface area (Å²) in [6, 6.07) is 22.1. The van der Waals surface area contributed by atoms with Gasteiger partial charge >= 0.3 is 0 Å². The third kappa shape index (κ3) is 8.16. The molecular formula is C30H31Cl3N2O2S. The Morgan fingerprint density at radius 2 is 1.61 bits per heavy atom. The van der Waals surface area contributed by atoms with Crippen LogP contribution in [0.5, 0.6) is 0 Å². The topological polar surface area (TPSA) is 49.4 Å². The Labute approximate surface area is 244 Å². The van der Waals surface area contributed by atoms with Crippen molar-refractivity contribution >= 4 is 58.4 Å². The minimum atomic E-state index is -0.682. The summed E-state index contributed by atoms with van der Waals surface area (Å²) in [5.41, 5.74) is 2.70. The van der Waals surface area contributed by atoms with Gasteiger partial charge in [0.1, 0.15) is 6.04 Å². The molecule has 2 amide bonds. The molecule has 8 heteroatoms. The number of carbonyl (C=O) groups excluding carboxylic acids is 2. The van der Waals surface area contributed by atoms with Crippen molar-refractivity contribution in [1.82, 2.24) is 10.2 Å². The van der Waals surface area contributed by atoms with Gasteiger partial charge in [0.2, 0.25) is 11.8 Å². The van der Waals surface area contributed by atoms with E-state index >= 15 is 0 Å². The lowest BCUT2D eigenvalue weighted by molar-refractivity contribution is -0.139. The van der Waals surface area contributed by atoms with Crippen LogP contribution in [0.4, 0.5) is 0 Å². The maximum Gasteiger partial charge on any atom is 0.243 e. The molecule has 1 atom stereocenters. The Hall–Kier alpha value is -2.18. The Bertz CT molecular complexity index is 1240. The molecule has 3 aromatic rings. The molecule has 38 heavy (non-hydrogen) atoms. The van der Waals surface area contributed by atoms with Gasteiger partial charge in [-0.1, -0.05) is 102 Å². The molecule has 0 unspecified atom stereocenters. The van der Waals surface area contributed by atoms with Crippen molar-refractivity contribution in [1.29, 1.82) is 0 Å². The van der Waals surface area contributed by atoms with Crippen molar-refractivity contribution in [3.63, 3.8) is 0 Å². The Morgan fingerprint density at radius 3 is 2.32 bits per heavy atom. The van der Waals surface area contributed by atoms with Gasteiger partial charge in [-0.05, 0) is 47.7 Å². The molecule has 200 valence electrons. The molecule has 0 spiro atoms. The monoisotopic (exact) mass is 588 g/mol. The average molecular weight is 590 g/mol. The van der Waals surface area contributed by atoms with E-state index in [0.717, 1.165) is 42.4 Å². The van der Waals surface area contributed by atoms with Crippen molar-refractivity contribution in [3.8, 4) is 0 Å². The minimum absolute atomic E-state index is 0.129. The predicted molar refractivity (Wildman–Crippen MR) is 159 cm³/mol. The molecule has 1 fully saturated rings. The molecule has 0 heterocycles. The van der Waals surface area contributed by atoms with Crippen LogP contribution in [0.25, 0.3) is 0 Å². The number of thioether (sulfide) groups is 1. The number of carbonyl (C=O) groups is 2. The van der Waals surface area contributed by atoms with Crippen molar-refractivity contribution < 1.29 is 9.59 Å². The van der Waals surface area contributed by atoms with Crippen LogP contribution in [-0.4, -0.2) is 34.6 Å². The van der Waals surface area contributed by atoms with Crippen molar-refractivity contribution in [2.24, 2.45) is 0 Å². The average Bonchev–Trinajstić information content (AvgIpc) is 3.42.